The SMILES string of the molecule is CC(=S)COC(C)C. The van der Waals surface area contributed by atoms with Crippen LogP contribution in [0.3, 0.4) is 0 Å². The molecular weight excluding hydrogens is 120 g/mol. The Morgan fingerprint density at radius 1 is 1.62 bits per heavy atom. The van der Waals surface area contributed by atoms with Gasteiger partial charge in [-0.25, -0.2) is 0 Å². The Bertz CT molecular complexity index is 78.6. The zero-order valence-electron chi connectivity index (χ0n) is 5.60. The van der Waals surface area contributed by atoms with E-state index in [1.807, 2.05) is 20.8 Å². The first-order valence-electron chi connectivity index (χ1n) is 2.74. The minimum atomic E-state index is 0.299. The van der Waals surface area contributed by atoms with E-state index in [1.54, 1.807) is 0 Å². The highest BCUT2D eigenvalue weighted by Crippen LogP contribution is 1.87. The van der Waals surface area contributed by atoms with Crippen molar-refractivity contribution < 1.29 is 4.74 Å². The van der Waals surface area contributed by atoms with E-state index in [1.165, 1.54) is 0 Å². The molecule has 8 heavy (non-hydrogen) atoms. The number of hydrogen-bond acceptors (Lipinski definition) is 2. The molecule has 0 aromatic heterocycles. The van der Waals surface area contributed by atoms with Crippen LogP contribution in [-0.4, -0.2) is 17.6 Å². The normalized spacial score (nSPS) is 10.0. The van der Waals surface area contributed by atoms with E-state index in [4.69, 9.17) is 17.0 Å². The van der Waals surface area contributed by atoms with E-state index in [9.17, 15) is 0 Å². The largest absolute Gasteiger partial charge is 0.374 e. The molecule has 0 unspecified atom stereocenters. The van der Waals surface area contributed by atoms with Gasteiger partial charge < -0.3 is 4.74 Å². The number of ether oxygens (including phenoxy) is 1. The number of hydrogen-bond donors (Lipinski definition) is 0. The lowest BCUT2D eigenvalue weighted by atomic mass is 10.4. The highest BCUT2D eigenvalue weighted by Gasteiger charge is 1.91. The average Bonchev–Trinajstić information content (AvgIpc) is 1.61. The van der Waals surface area contributed by atoms with Crippen LogP contribution in [0.1, 0.15) is 20.8 Å². The van der Waals surface area contributed by atoms with Gasteiger partial charge in [-0.15, -0.1) is 0 Å². The quantitative estimate of drug-likeness (QED) is 0.541. The first-order chi connectivity index (χ1) is 3.63. The number of thiocarbonyl (C=S) groups is 1. The molecule has 0 spiro atoms. The first-order valence-corrected chi connectivity index (χ1v) is 3.15. The fourth-order valence-corrected chi connectivity index (χ4v) is 0.352. The average molecular weight is 132 g/mol. The van der Waals surface area contributed by atoms with Crippen molar-refractivity contribution in [2.75, 3.05) is 6.61 Å². The molecule has 0 fully saturated rings. The molecule has 0 aromatic rings. The van der Waals surface area contributed by atoms with Crippen LogP contribution in [0.15, 0.2) is 0 Å². The third kappa shape index (κ3) is 6.05. The predicted octanol–water partition coefficient (Wildman–Crippen LogP) is 1.80. The fourth-order valence-electron chi connectivity index (χ4n) is 0.284. The lowest BCUT2D eigenvalue weighted by Crippen LogP contribution is -2.08. The van der Waals surface area contributed by atoms with Gasteiger partial charge in [-0.05, 0) is 20.8 Å². The predicted molar refractivity (Wildman–Crippen MR) is 39.4 cm³/mol. The van der Waals surface area contributed by atoms with E-state index >= 15 is 0 Å². The van der Waals surface area contributed by atoms with Gasteiger partial charge in [0.25, 0.3) is 0 Å². The molecule has 0 saturated carbocycles. The van der Waals surface area contributed by atoms with Crippen LogP contribution >= 0.6 is 12.2 Å². The molecule has 0 radical (unpaired) electrons. The molecule has 0 aliphatic heterocycles. The van der Waals surface area contributed by atoms with E-state index in [-0.39, 0.29) is 0 Å². The highest BCUT2D eigenvalue weighted by molar-refractivity contribution is 7.80. The maximum atomic E-state index is 5.16. The Labute approximate surface area is 56.0 Å². The highest BCUT2D eigenvalue weighted by atomic mass is 32.1. The fraction of sp³-hybridized carbons (Fsp3) is 0.833. The van der Waals surface area contributed by atoms with Crippen molar-refractivity contribution in [3.05, 3.63) is 0 Å². The zero-order valence-corrected chi connectivity index (χ0v) is 6.42. The Balaban J connectivity index is 3.05. The Hall–Kier alpha value is 0.0500. The summed E-state index contributed by atoms with van der Waals surface area (Å²) in [4.78, 5) is 0.915. The second kappa shape index (κ2) is 3.98. The van der Waals surface area contributed by atoms with E-state index in [2.05, 4.69) is 0 Å². The van der Waals surface area contributed by atoms with Crippen molar-refractivity contribution in [3.8, 4) is 0 Å². The number of rotatable bonds is 3. The van der Waals surface area contributed by atoms with Gasteiger partial charge in [0, 0.05) is 4.86 Å². The van der Waals surface area contributed by atoms with Crippen molar-refractivity contribution in [3.63, 3.8) is 0 Å². The van der Waals surface area contributed by atoms with Gasteiger partial charge in [-0.2, -0.15) is 0 Å². The van der Waals surface area contributed by atoms with E-state index in [0.717, 1.165) is 4.86 Å². The second-order valence-electron chi connectivity index (χ2n) is 2.06. The smallest absolute Gasteiger partial charge is 0.0780 e. The van der Waals surface area contributed by atoms with Gasteiger partial charge in [0.05, 0.1) is 12.7 Å². The summed E-state index contributed by atoms with van der Waals surface area (Å²) in [7, 11) is 0. The minimum Gasteiger partial charge on any atom is -0.374 e. The molecule has 0 heterocycles. The molecule has 0 atom stereocenters. The van der Waals surface area contributed by atoms with Gasteiger partial charge in [-0.1, -0.05) is 12.2 Å². The standard InChI is InChI=1S/C6H12OS/c1-5(2)7-4-6(3)8/h5H,4H2,1-3H3. The molecular formula is C6H12OS. The summed E-state index contributed by atoms with van der Waals surface area (Å²) in [5.74, 6) is 0. The van der Waals surface area contributed by atoms with Crippen molar-refractivity contribution >= 4 is 17.1 Å². The van der Waals surface area contributed by atoms with Crippen LogP contribution in [0.5, 0.6) is 0 Å². The summed E-state index contributed by atoms with van der Waals surface area (Å²) < 4.78 is 5.16. The third-order valence-corrected chi connectivity index (χ3v) is 0.738. The molecule has 0 aliphatic carbocycles. The monoisotopic (exact) mass is 132 g/mol. The van der Waals surface area contributed by atoms with Crippen LogP contribution in [0, 0.1) is 0 Å². The topological polar surface area (TPSA) is 9.23 Å². The maximum Gasteiger partial charge on any atom is 0.0780 e. The van der Waals surface area contributed by atoms with Crippen LogP contribution in [0.4, 0.5) is 0 Å². The van der Waals surface area contributed by atoms with Crippen molar-refractivity contribution in [2.45, 2.75) is 26.9 Å². The molecule has 0 bridgehead atoms. The van der Waals surface area contributed by atoms with Crippen molar-refractivity contribution in [2.24, 2.45) is 0 Å². The molecule has 0 aliphatic rings. The Morgan fingerprint density at radius 3 is 2.25 bits per heavy atom. The Kier molecular flexibility index (Phi) is 4.01. The molecule has 0 amide bonds. The Morgan fingerprint density at radius 2 is 2.12 bits per heavy atom. The van der Waals surface area contributed by atoms with Gasteiger partial charge in [-0.3, -0.25) is 0 Å². The third-order valence-electron chi connectivity index (χ3n) is 0.620. The van der Waals surface area contributed by atoms with Crippen LogP contribution < -0.4 is 0 Å². The summed E-state index contributed by atoms with van der Waals surface area (Å²) in [6.45, 7) is 6.50. The lowest BCUT2D eigenvalue weighted by molar-refractivity contribution is 0.111. The zero-order chi connectivity index (χ0) is 6.57. The molecule has 0 rings (SSSR count). The van der Waals surface area contributed by atoms with Crippen LogP contribution in [0.2, 0.25) is 0 Å². The summed E-state index contributed by atoms with van der Waals surface area (Å²) in [6, 6.07) is 0. The second-order valence-corrected chi connectivity index (χ2v) is 2.76. The van der Waals surface area contributed by atoms with Crippen molar-refractivity contribution in [1.82, 2.24) is 0 Å². The summed E-state index contributed by atoms with van der Waals surface area (Å²) in [5.41, 5.74) is 0. The van der Waals surface area contributed by atoms with Crippen molar-refractivity contribution in [1.29, 1.82) is 0 Å². The van der Waals surface area contributed by atoms with Gasteiger partial charge in [0.15, 0.2) is 0 Å². The molecule has 1 nitrogen and oxygen atoms in total. The molecule has 0 aromatic carbocycles. The maximum absolute atomic E-state index is 5.16. The lowest BCUT2D eigenvalue weighted by Gasteiger charge is -2.04. The molecule has 0 saturated heterocycles. The minimum absolute atomic E-state index is 0.299. The first kappa shape index (κ1) is 8.05. The van der Waals surface area contributed by atoms with Gasteiger partial charge in [0.2, 0.25) is 0 Å². The summed E-state index contributed by atoms with van der Waals surface area (Å²) in [5, 5.41) is 0. The van der Waals surface area contributed by atoms with Crippen LogP contribution in [0.25, 0.3) is 0 Å². The van der Waals surface area contributed by atoms with E-state index in [0.29, 0.717) is 12.7 Å². The molecule has 0 N–H and O–H groups in total. The van der Waals surface area contributed by atoms with Gasteiger partial charge >= 0.3 is 0 Å². The summed E-state index contributed by atoms with van der Waals surface area (Å²) in [6.07, 6.45) is 0.299. The van der Waals surface area contributed by atoms with E-state index < -0.39 is 0 Å². The molecule has 2 heteroatoms. The molecule has 48 valence electrons. The van der Waals surface area contributed by atoms with Crippen LogP contribution in [-0.2, 0) is 4.74 Å². The summed E-state index contributed by atoms with van der Waals surface area (Å²) >= 11 is 4.79. The van der Waals surface area contributed by atoms with Gasteiger partial charge in [0.1, 0.15) is 0 Å².